The fraction of sp³-hybridized carbons (Fsp3) is 0.231. The van der Waals surface area contributed by atoms with Crippen LogP contribution in [0, 0.1) is 5.82 Å². The van der Waals surface area contributed by atoms with Crippen LogP contribution in [0.4, 0.5) is 4.39 Å². The number of nitrogens with one attached hydrogen (secondary N) is 1. The van der Waals surface area contributed by atoms with Gasteiger partial charge in [0.1, 0.15) is 21.2 Å². The molecule has 1 aliphatic carbocycles. The molecule has 1 atom stereocenters. The number of benzene rings is 2. The maximum absolute atomic E-state index is 14.9. The minimum absolute atomic E-state index is 0.0579. The molecule has 1 aliphatic rings. The summed E-state index contributed by atoms with van der Waals surface area (Å²) in [5.74, 6) is -2.11. The van der Waals surface area contributed by atoms with Gasteiger partial charge in [-0.25, -0.2) is 14.4 Å². The smallest absolute Gasteiger partial charge is 0.305 e. The number of thiazole rings is 1. The van der Waals surface area contributed by atoms with E-state index < -0.39 is 23.7 Å². The second-order valence-corrected chi connectivity index (χ2v) is 9.63. The number of nitrogens with zero attached hydrogens (tertiary/aromatic N) is 2. The van der Waals surface area contributed by atoms with Gasteiger partial charge in [-0.2, -0.15) is 0 Å². The van der Waals surface area contributed by atoms with Crippen molar-refractivity contribution in [2.75, 3.05) is 0 Å². The van der Waals surface area contributed by atoms with Crippen molar-refractivity contribution in [3.63, 3.8) is 0 Å². The molecule has 2 N–H and O–H groups in total. The summed E-state index contributed by atoms with van der Waals surface area (Å²) in [5, 5.41) is 11.9. The number of carbonyl (C=O) groups is 2. The first-order chi connectivity index (χ1) is 16.4. The molecule has 1 fully saturated rings. The molecule has 172 valence electrons. The lowest BCUT2D eigenvalue weighted by Crippen LogP contribution is -2.34. The molecule has 6 nitrogen and oxygen atoms in total. The van der Waals surface area contributed by atoms with Crippen LogP contribution in [-0.2, 0) is 10.2 Å². The van der Waals surface area contributed by atoms with E-state index in [-0.39, 0.29) is 17.4 Å². The predicted molar refractivity (Wildman–Crippen MR) is 128 cm³/mol. The maximum atomic E-state index is 14.9. The fourth-order valence-electron chi connectivity index (χ4n) is 4.22. The number of aromatic nitrogens is 2. The number of fused-ring (bicyclic) bond motifs is 1. The Morgan fingerprint density at radius 2 is 1.88 bits per heavy atom. The number of hydrogen-bond donors (Lipinski definition) is 2. The van der Waals surface area contributed by atoms with E-state index >= 15 is 0 Å². The Bertz CT molecular complexity index is 1400. The molecule has 0 saturated heterocycles. The first kappa shape index (κ1) is 22.2. The van der Waals surface area contributed by atoms with Crippen LogP contribution < -0.4 is 5.32 Å². The molecule has 0 aliphatic heterocycles. The highest BCUT2D eigenvalue weighted by molar-refractivity contribution is 7.21. The molecular weight excluding hydrogens is 453 g/mol. The van der Waals surface area contributed by atoms with E-state index in [9.17, 15) is 14.0 Å². The number of aliphatic carboxylic acids is 1. The van der Waals surface area contributed by atoms with Crippen LogP contribution in [0.1, 0.15) is 47.8 Å². The maximum Gasteiger partial charge on any atom is 0.305 e. The number of rotatable bonds is 7. The summed E-state index contributed by atoms with van der Waals surface area (Å²) in [6.45, 7) is 1.59. The first-order valence-corrected chi connectivity index (χ1v) is 11.8. The number of carboxylic acid groups (broad SMARTS) is 1. The summed E-state index contributed by atoms with van der Waals surface area (Å²) in [6, 6.07) is 17.9. The SMILES string of the molecule is CC(CC(=O)O)NC(=O)c1ccc(-c2nc3ccc(C4(c5ccccc5)CC4)nc3s2)c(F)c1. The molecule has 1 amide bonds. The third kappa shape index (κ3) is 4.17. The van der Waals surface area contributed by atoms with Gasteiger partial charge >= 0.3 is 5.97 Å². The van der Waals surface area contributed by atoms with Crippen molar-refractivity contribution in [1.82, 2.24) is 15.3 Å². The Kier molecular flexibility index (Phi) is 5.61. The summed E-state index contributed by atoms with van der Waals surface area (Å²) in [7, 11) is 0. The van der Waals surface area contributed by atoms with Gasteiger partial charge < -0.3 is 10.4 Å². The van der Waals surface area contributed by atoms with Crippen LogP contribution in [0.15, 0.2) is 60.7 Å². The van der Waals surface area contributed by atoms with Gasteiger partial charge in [-0.15, -0.1) is 0 Å². The summed E-state index contributed by atoms with van der Waals surface area (Å²) < 4.78 is 14.9. The molecule has 5 rings (SSSR count). The summed E-state index contributed by atoms with van der Waals surface area (Å²) >= 11 is 1.32. The summed E-state index contributed by atoms with van der Waals surface area (Å²) in [5.41, 5.74) is 3.32. The van der Waals surface area contributed by atoms with Crippen LogP contribution >= 0.6 is 11.3 Å². The zero-order chi connectivity index (χ0) is 23.9. The van der Waals surface area contributed by atoms with Gasteiger partial charge in [0, 0.05) is 22.6 Å². The minimum atomic E-state index is -1.02. The second-order valence-electron chi connectivity index (χ2n) is 8.65. The lowest BCUT2D eigenvalue weighted by molar-refractivity contribution is -0.137. The van der Waals surface area contributed by atoms with Gasteiger partial charge in [-0.05, 0) is 55.7 Å². The van der Waals surface area contributed by atoms with E-state index in [4.69, 9.17) is 10.1 Å². The van der Waals surface area contributed by atoms with E-state index in [1.54, 1.807) is 6.92 Å². The zero-order valence-electron chi connectivity index (χ0n) is 18.4. The normalized spacial score (nSPS) is 15.1. The lowest BCUT2D eigenvalue weighted by atomic mass is 9.92. The Morgan fingerprint density at radius 1 is 1.12 bits per heavy atom. The Labute approximate surface area is 199 Å². The van der Waals surface area contributed by atoms with Gasteiger partial charge in [0.25, 0.3) is 5.91 Å². The van der Waals surface area contributed by atoms with Crippen molar-refractivity contribution in [1.29, 1.82) is 0 Å². The largest absolute Gasteiger partial charge is 0.481 e. The van der Waals surface area contributed by atoms with Crippen molar-refractivity contribution >= 4 is 33.6 Å². The molecular formula is C26H22FN3O3S. The molecule has 1 unspecified atom stereocenters. The summed E-state index contributed by atoms with van der Waals surface area (Å²) in [4.78, 5) is 33.3. The topological polar surface area (TPSA) is 92.2 Å². The molecule has 0 spiro atoms. The first-order valence-electron chi connectivity index (χ1n) is 11.0. The van der Waals surface area contributed by atoms with Crippen molar-refractivity contribution in [2.45, 2.75) is 37.6 Å². The fourth-order valence-corrected chi connectivity index (χ4v) is 5.19. The van der Waals surface area contributed by atoms with Gasteiger partial charge in [-0.1, -0.05) is 41.7 Å². The number of pyridine rings is 1. The van der Waals surface area contributed by atoms with Crippen molar-refractivity contribution in [3.8, 4) is 10.6 Å². The van der Waals surface area contributed by atoms with Crippen LogP contribution in [0.25, 0.3) is 20.9 Å². The average Bonchev–Trinajstić information content (AvgIpc) is 3.52. The molecule has 0 bridgehead atoms. The zero-order valence-corrected chi connectivity index (χ0v) is 19.2. The number of carbonyl (C=O) groups excluding carboxylic acids is 1. The monoisotopic (exact) mass is 475 g/mol. The van der Waals surface area contributed by atoms with Crippen molar-refractivity contribution < 1.29 is 19.1 Å². The summed E-state index contributed by atoms with van der Waals surface area (Å²) in [6.07, 6.45) is 1.88. The second kappa shape index (κ2) is 8.61. The van der Waals surface area contributed by atoms with Crippen LogP contribution in [0.5, 0.6) is 0 Å². The molecule has 34 heavy (non-hydrogen) atoms. The van der Waals surface area contributed by atoms with Crippen LogP contribution in [0.2, 0.25) is 0 Å². The number of amides is 1. The van der Waals surface area contributed by atoms with Crippen LogP contribution in [0.3, 0.4) is 0 Å². The Hall–Kier alpha value is -3.65. The van der Waals surface area contributed by atoms with E-state index in [2.05, 4.69) is 22.4 Å². The molecule has 2 heterocycles. The highest BCUT2D eigenvalue weighted by atomic mass is 32.1. The highest BCUT2D eigenvalue weighted by Gasteiger charge is 2.47. The van der Waals surface area contributed by atoms with Crippen LogP contribution in [-0.4, -0.2) is 33.0 Å². The van der Waals surface area contributed by atoms with Crippen molar-refractivity contribution in [2.24, 2.45) is 0 Å². The standard InChI is InChI=1S/C26H22FN3O3S/c1-15(13-22(31)32)28-23(33)16-7-8-18(19(27)14-16)24-29-20-9-10-21(30-25(20)34-24)26(11-12-26)17-5-3-2-4-6-17/h2-10,14-15H,11-13H2,1H3,(H,28,33)(H,31,32). The molecule has 2 aromatic carbocycles. The number of carboxylic acids is 1. The number of halogens is 1. The van der Waals surface area contributed by atoms with E-state index in [0.717, 1.165) is 29.4 Å². The Morgan fingerprint density at radius 3 is 2.56 bits per heavy atom. The van der Waals surface area contributed by atoms with Crippen molar-refractivity contribution in [3.05, 3.63) is 83.3 Å². The molecule has 2 aromatic heterocycles. The highest BCUT2D eigenvalue weighted by Crippen LogP contribution is 2.53. The molecule has 1 saturated carbocycles. The average molecular weight is 476 g/mol. The predicted octanol–water partition coefficient (Wildman–Crippen LogP) is 5.17. The lowest BCUT2D eigenvalue weighted by Gasteiger charge is -2.14. The Balaban J connectivity index is 1.40. The van der Waals surface area contributed by atoms with E-state index in [1.165, 1.54) is 29.0 Å². The van der Waals surface area contributed by atoms with Gasteiger partial charge in [0.15, 0.2) is 0 Å². The molecule has 0 radical (unpaired) electrons. The number of hydrogen-bond acceptors (Lipinski definition) is 5. The third-order valence-corrected chi connectivity index (χ3v) is 7.14. The van der Waals surface area contributed by atoms with Gasteiger partial charge in [0.2, 0.25) is 0 Å². The quantitative estimate of drug-likeness (QED) is 0.385. The van der Waals surface area contributed by atoms with Gasteiger partial charge in [-0.3, -0.25) is 9.59 Å². The van der Waals surface area contributed by atoms with E-state index in [1.807, 2.05) is 30.3 Å². The molecule has 4 aromatic rings. The third-order valence-electron chi connectivity index (χ3n) is 6.14. The molecule has 8 heteroatoms. The van der Waals surface area contributed by atoms with E-state index in [0.29, 0.717) is 16.1 Å². The minimum Gasteiger partial charge on any atom is -0.481 e. The van der Waals surface area contributed by atoms with Gasteiger partial charge in [0.05, 0.1) is 12.1 Å².